The molecule has 1 unspecified atom stereocenters. The molecular weight excluding hydrogens is 617 g/mol. The van der Waals surface area contributed by atoms with Crippen molar-refractivity contribution in [1.82, 2.24) is 9.13 Å². The fourth-order valence-electron chi connectivity index (χ4n) is 8.20. The van der Waals surface area contributed by atoms with Gasteiger partial charge in [0.15, 0.2) is 0 Å². The molecule has 0 aliphatic heterocycles. The molecule has 1 aliphatic carbocycles. The van der Waals surface area contributed by atoms with Gasteiger partial charge in [-0.3, -0.25) is 0 Å². The largest absolute Gasteiger partial charge is 0.313 e. The van der Waals surface area contributed by atoms with Crippen LogP contribution < -0.4 is 0 Å². The monoisotopic (exact) mass is 652 g/mol. The maximum Gasteiger partial charge on any atom is 0.0541 e. The average Bonchev–Trinajstić information content (AvgIpc) is 3.70. The van der Waals surface area contributed by atoms with Crippen LogP contribution in [-0.2, 0) is 6.42 Å². The van der Waals surface area contributed by atoms with Gasteiger partial charge >= 0.3 is 0 Å². The van der Waals surface area contributed by atoms with E-state index in [1.165, 1.54) is 88.7 Å². The normalized spacial score (nSPS) is 14.0. The van der Waals surface area contributed by atoms with Gasteiger partial charge < -0.3 is 9.13 Å². The summed E-state index contributed by atoms with van der Waals surface area (Å²) in [7, 11) is 0. The molecule has 10 rings (SSSR count). The van der Waals surface area contributed by atoms with Crippen LogP contribution in [0.3, 0.4) is 0 Å². The number of allylic oxidation sites excluding steroid dienone is 1. The first-order valence-corrected chi connectivity index (χ1v) is 17.9. The number of rotatable bonds is 5. The molecule has 0 fully saturated rings. The summed E-state index contributed by atoms with van der Waals surface area (Å²) in [5.41, 5.74) is 16.1. The molecule has 1 atom stereocenters. The zero-order valence-electron chi connectivity index (χ0n) is 28.5. The van der Waals surface area contributed by atoms with Crippen molar-refractivity contribution in [3.05, 3.63) is 187 Å². The minimum Gasteiger partial charge on any atom is -0.313 e. The first-order chi connectivity index (χ1) is 25.2. The Labute approximate surface area is 298 Å². The Morgan fingerprint density at radius 1 is 0.412 bits per heavy atom. The zero-order chi connectivity index (χ0) is 33.9. The van der Waals surface area contributed by atoms with E-state index in [4.69, 9.17) is 0 Å². The lowest BCUT2D eigenvalue weighted by Gasteiger charge is -2.19. The summed E-state index contributed by atoms with van der Waals surface area (Å²) in [5, 5.41) is 3.86. The smallest absolute Gasteiger partial charge is 0.0541 e. The van der Waals surface area contributed by atoms with Gasteiger partial charge in [-0.15, -0.1) is 0 Å². The number of nitrogens with zero attached hydrogens (tertiary/aromatic N) is 2. The van der Waals surface area contributed by atoms with Crippen molar-refractivity contribution in [2.24, 2.45) is 5.92 Å². The van der Waals surface area contributed by atoms with Crippen LogP contribution in [0, 0.1) is 5.92 Å². The van der Waals surface area contributed by atoms with Gasteiger partial charge in [0.2, 0.25) is 0 Å². The zero-order valence-corrected chi connectivity index (χ0v) is 28.5. The first-order valence-electron chi connectivity index (χ1n) is 17.9. The van der Waals surface area contributed by atoms with Gasteiger partial charge in [0, 0.05) is 38.8 Å². The molecule has 51 heavy (non-hydrogen) atoms. The van der Waals surface area contributed by atoms with E-state index < -0.39 is 0 Å². The Kier molecular flexibility index (Phi) is 6.89. The van der Waals surface area contributed by atoms with E-state index in [0.717, 1.165) is 6.42 Å². The molecule has 0 spiro atoms. The summed E-state index contributed by atoms with van der Waals surface area (Å²) in [6.45, 7) is 2.32. The van der Waals surface area contributed by atoms with Gasteiger partial charge in [0.25, 0.3) is 0 Å². The quantitative estimate of drug-likeness (QED) is 0.175. The van der Waals surface area contributed by atoms with Crippen LogP contribution in [-0.4, -0.2) is 9.13 Å². The predicted octanol–water partition coefficient (Wildman–Crippen LogP) is 12.9. The van der Waals surface area contributed by atoms with E-state index in [-0.39, 0.29) is 0 Å². The van der Waals surface area contributed by atoms with Crippen molar-refractivity contribution in [2.75, 3.05) is 0 Å². The van der Waals surface area contributed by atoms with Gasteiger partial charge in [-0.1, -0.05) is 134 Å². The van der Waals surface area contributed by atoms with Gasteiger partial charge in [0.1, 0.15) is 0 Å². The van der Waals surface area contributed by atoms with Crippen molar-refractivity contribution >= 4 is 38.8 Å². The molecule has 0 saturated heterocycles. The summed E-state index contributed by atoms with van der Waals surface area (Å²) in [6, 6.07) is 62.1. The molecular formula is C49H36N2. The molecule has 2 heteroatoms. The van der Waals surface area contributed by atoms with Crippen LogP contribution in [0.25, 0.3) is 83.5 Å². The van der Waals surface area contributed by atoms with Gasteiger partial charge in [-0.05, 0) is 100 Å². The van der Waals surface area contributed by atoms with Crippen LogP contribution in [0.15, 0.2) is 176 Å². The molecule has 0 bridgehead atoms. The molecule has 0 radical (unpaired) electrons. The number of aromatic nitrogens is 2. The minimum absolute atomic E-state index is 0.472. The molecule has 0 amide bonds. The molecule has 9 aromatic rings. The summed E-state index contributed by atoms with van der Waals surface area (Å²) >= 11 is 0. The highest BCUT2D eigenvalue weighted by Crippen LogP contribution is 2.40. The summed E-state index contributed by atoms with van der Waals surface area (Å²) in [5.74, 6) is 0.472. The lowest BCUT2D eigenvalue weighted by Crippen LogP contribution is -2.08. The predicted molar refractivity (Wildman–Crippen MR) is 216 cm³/mol. The van der Waals surface area contributed by atoms with Crippen molar-refractivity contribution in [3.63, 3.8) is 0 Å². The lowest BCUT2D eigenvalue weighted by molar-refractivity contribution is 0.690. The molecule has 0 N–H and O–H groups in total. The van der Waals surface area contributed by atoms with Crippen molar-refractivity contribution in [3.8, 4) is 44.8 Å². The number of fused-ring (bicyclic) bond motifs is 6. The lowest BCUT2D eigenvalue weighted by atomic mass is 9.93. The molecule has 0 saturated carbocycles. The first kappa shape index (κ1) is 29.5. The molecule has 2 heterocycles. The van der Waals surface area contributed by atoms with Crippen molar-refractivity contribution < 1.29 is 0 Å². The molecule has 7 aromatic carbocycles. The van der Waals surface area contributed by atoms with Crippen molar-refractivity contribution in [1.29, 1.82) is 0 Å². The van der Waals surface area contributed by atoms with Crippen LogP contribution in [0.4, 0.5) is 0 Å². The minimum atomic E-state index is 0.472. The van der Waals surface area contributed by atoms with Crippen LogP contribution in [0.2, 0.25) is 0 Å². The highest BCUT2D eigenvalue weighted by molar-refractivity contribution is 6.09. The fraction of sp³-hybridized carbons (Fsp3) is 0.0612. The third-order valence-electron chi connectivity index (χ3n) is 10.6. The second kappa shape index (κ2) is 11.9. The van der Waals surface area contributed by atoms with E-state index in [1.54, 1.807) is 0 Å². The summed E-state index contributed by atoms with van der Waals surface area (Å²) in [6.07, 6.45) is 5.73. The van der Waals surface area contributed by atoms with Gasteiger partial charge in [-0.25, -0.2) is 0 Å². The Morgan fingerprint density at radius 2 is 0.941 bits per heavy atom. The Hall–Kier alpha value is -6.38. The van der Waals surface area contributed by atoms with E-state index >= 15 is 0 Å². The summed E-state index contributed by atoms with van der Waals surface area (Å²) < 4.78 is 4.91. The Morgan fingerprint density at radius 3 is 1.57 bits per heavy atom. The van der Waals surface area contributed by atoms with Gasteiger partial charge in [0.05, 0.1) is 16.6 Å². The van der Waals surface area contributed by atoms with Crippen molar-refractivity contribution in [2.45, 2.75) is 13.3 Å². The molecule has 242 valence electrons. The fourth-order valence-corrected chi connectivity index (χ4v) is 8.20. The molecule has 2 aromatic heterocycles. The number of hydrogen-bond acceptors (Lipinski definition) is 0. The van der Waals surface area contributed by atoms with Gasteiger partial charge in [-0.2, -0.15) is 0 Å². The van der Waals surface area contributed by atoms with E-state index in [0.29, 0.717) is 5.92 Å². The highest BCUT2D eigenvalue weighted by Gasteiger charge is 2.23. The van der Waals surface area contributed by atoms with Crippen LogP contribution >= 0.6 is 0 Å². The van der Waals surface area contributed by atoms with E-state index in [2.05, 4.69) is 198 Å². The maximum absolute atomic E-state index is 2.53. The second-order valence-corrected chi connectivity index (χ2v) is 13.9. The average molecular weight is 653 g/mol. The SMILES string of the molecule is CC1C=Cc2c(n(-c3cc(-c4ccccc4)cc(-c4ccccc4)c3)c3ccc(-c4ccc(-n5c6ccccc6c6ccccc65)cc4)cc23)C1. The van der Waals surface area contributed by atoms with Crippen LogP contribution in [0.1, 0.15) is 18.2 Å². The molecule has 2 nitrogen and oxygen atoms in total. The number of benzene rings is 7. The topological polar surface area (TPSA) is 9.86 Å². The Balaban J connectivity index is 1.12. The third-order valence-corrected chi connectivity index (χ3v) is 10.6. The standard InChI is InChI=1S/C49H36N2/c1-33-20-26-44-45-32-37(36-21-24-40(25-22-36)50-46-18-10-8-16-42(46)43-17-9-11-19-47(43)50)23-27-48(45)51(49(44)28-33)41-30-38(34-12-4-2-5-13-34)29-39(31-41)35-14-6-3-7-15-35/h2-27,29-33H,28H2,1H3. The third kappa shape index (κ3) is 4.94. The molecule has 1 aliphatic rings. The van der Waals surface area contributed by atoms with E-state index in [9.17, 15) is 0 Å². The highest BCUT2D eigenvalue weighted by atomic mass is 15.0. The van der Waals surface area contributed by atoms with Crippen LogP contribution in [0.5, 0.6) is 0 Å². The Bertz CT molecular complexity index is 2650. The maximum atomic E-state index is 2.53. The number of para-hydroxylation sites is 2. The second-order valence-electron chi connectivity index (χ2n) is 13.9. The number of hydrogen-bond donors (Lipinski definition) is 0. The van der Waals surface area contributed by atoms with E-state index in [1.807, 2.05) is 0 Å². The summed E-state index contributed by atoms with van der Waals surface area (Å²) in [4.78, 5) is 0.